The van der Waals surface area contributed by atoms with Crippen LogP contribution in [0.25, 0.3) is 0 Å². The predicted molar refractivity (Wildman–Crippen MR) is 35.4 cm³/mol. The number of Topliss-reactive ketones (excluding diaryl/α,β-unsaturated/α-hetero) is 1. The van der Waals surface area contributed by atoms with Crippen molar-refractivity contribution >= 4 is 11.8 Å². The Balaban J connectivity index is 2.53. The molecule has 2 amide bonds. The van der Waals surface area contributed by atoms with Crippen molar-refractivity contribution in [1.29, 1.82) is 0 Å². The molecule has 0 spiro atoms. The van der Waals surface area contributed by atoms with E-state index in [2.05, 4.69) is 5.32 Å². The lowest BCUT2D eigenvalue weighted by molar-refractivity contribution is -0.119. The second kappa shape index (κ2) is 1.97. The Kier molecular flexibility index (Phi) is 1.39. The molecule has 4 nitrogen and oxygen atoms in total. The molecule has 56 valence electrons. The number of urea groups is 1. The van der Waals surface area contributed by atoms with Gasteiger partial charge in [-0.25, -0.2) is 4.79 Å². The molecule has 0 bridgehead atoms. The molecule has 1 saturated carbocycles. The van der Waals surface area contributed by atoms with E-state index in [4.69, 9.17) is 5.73 Å². The van der Waals surface area contributed by atoms with Crippen LogP contribution in [0.4, 0.5) is 4.79 Å². The molecule has 0 aromatic carbocycles. The second-order valence-corrected chi connectivity index (χ2v) is 2.63. The maximum absolute atomic E-state index is 10.8. The van der Waals surface area contributed by atoms with Gasteiger partial charge in [-0.1, -0.05) is 0 Å². The molecule has 0 aromatic heterocycles. The van der Waals surface area contributed by atoms with Gasteiger partial charge < -0.3 is 11.1 Å². The molecule has 0 heterocycles. The van der Waals surface area contributed by atoms with E-state index < -0.39 is 11.6 Å². The molecule has 0 aromatic rings. The lowest BCUT2D eigenvalue weighted by Crippen LogP contribution is -2.44. The Morgan fingerprint density at radius 3 is 2.10 bits per heavy atom. The monoisotopic (exact) mass is 142 g/mol. The van der Waals surface area contributed by atoms with Gasteiger partial charge in [0.2, 0.25) is 0 Å². The van der Waals surface area contributed by atoms with Crippen LogP contribution in [0.3, 0.4) is 0 Å². The van der Waals surface area contributed by atoms with Gasteiger partial charge in [0.05, 0.1) is 0 Å². The molecule has 4 heteroatoms. The number of primary amides is 1. The van der Waals surface area contributed by atoms with Gasteiger partial charge in [0.1, 0.15) is 5.54 Å². The lowest BCUT2D eigenvalue weighted by atomic mass is 10.2. The van der Waals surface area contributed by atoms with Gasteiger partial charge in [-0.3, -0.25) is 4.79 Å². The van der Waals surface area contributed by atoms with Crippen LogP contribution in [-0.2, 0) is 4.79 Å². The van der Waals surface area contributed by atoms with Crippen LogP contribution in [-0.4, -0.2) is 17.4 Å². The largest absolute Gasteiger partial charge is 0.352 e. The Morgan fingerprint density at radius 2 is 2.00 bits per heavy atom. The number of nitrogens with one attached hydrogen (secondary N) is 1. The summed E-state index contributed by atoms with van der Waals surface area (Å²) in [7, 11) is 0. The van der Waals surface area contributed by atoms with Gasteiger partial charge in [0.15, 0.2) is 5.78 Å². The maximum Gasteiger partial charge on any atom is 0.312 e. The molecule has 0 unspecified atom stereocenters. The molecule has 3 N–H and O–H groups in total. The molecule has 1 rings (SSSR count). The van der Waals surface area contributed by atoms with Crippen molar-refractivity contribution in [3.05, 3.63) is 0 Å². The Morgan fingerprint density at radius 1 is 1.50 bits per heavy atom. The number of hydrogen-bond acceptors (Lipinski definition) is 2. The Hall–Kier alpha value is -1.06. The lowest BCUT2D eigenvalue weighted by Gasteiger charge is -2.10. The summed E-state index contributed by atoms with van der Waals surface area (Å²) in [4.78, 5) is 21.1. The fraction of sp³-hybridized carbons (Fsp3) is 0.667. The molecule has 1 aliphatic rings. The first kappa shape index (κ1) is 7.05. The third-order valence-corrected chi connectivity index (χ3v) is 1.79. The molecule has 0 aliphatic heterocycles. The van der Waals surface area contributed by atoms with Crippen LogP contribution in [0.5, 0.6) is 0 Å². The van der Waals surface area contributed by atoms with Crippen molar-refractivity contribution in [2.24, 2.45) is 5.73 Å². The smallest absolute Gasteiger partial charge is 0.312 e. The minimum absolute atomic E-state index is 0.00806. The van der Waals surface area contributed by atoms with E-state index in [0.717, 1.165) is 12.8 Å². The Bertz CT molecular complexity index is 184. The van der Waals surface area contributed by atoms with Crippen LogP contribution in [0.1, 0.15) is 19.8 Å². The standard InChI is InChI=1S/C6H10N2O2/c1-4(9)6(2-3-6)8-5(7)10/h2-3H2,1H3,(H3,7,8,10). The van der Waals surface area contributed by atoms with Crippen molar-refractivity contribution in [1.82, 2.24) is 5.32 Å². The highest BCUT2D eigenvalue weighted by molar-refractivity contribution is 5.93. The minimum Gasteiger partial charge on any atom is -0.352 e. The molecule has 0 atom stereocenters. The van der Waals surface area contributed by atoms with E-state index in [9.17, 15) is 9.59 Å². The van der Waals surface area contributed by atoms with Crippen LogP contribution in [0.2, 0.25) is 0 Å². The number of carbonyl (C=O) groups excluding carboxylic acids is 2. The minimum atomic E-state index is -0.618. The first-order chi connectivity index (χ1) is 4.57. The first-order valence-electron chi connectivity index (χ1n) is 3.15. The Labute approximate surface area is 58.8 Å². The van der Waals surface area contributed by atoms with Gasteiger partial charge in [-0.15, -0.1) is 0 Å². The molecule has 10 heavy (non-hydrogen) atoms. The molecule has 0 saturated heterocycles. The molecule has 0 radical (unpaired) electrons. The van der Waals surface area contributed by atoms with E-state index in [1.165, 1.54) is 6.92 Å². The number of rotatable bonds is 2. The van der Waals surface area contributed by atoms with Crippen molar-refractivity contribution in [3.63, 3.8) is 0 Å². The van der Waals surface area contributed by atoms with Gasteiger partial charge in [-0.05, 0) is 19.8 Å². The zero-order valence-corrected chi connectivity index (χ0v) is 5.81. The quantitative estimate of drug-likeness (QED) is 0.559. The zero-order valence-electron chi connectivity index (χ0n) is 5.81. The summed E-state index contributed by atoms with van der Waals surface area (Å²) >= 11 is 0. The highest BCUT2D eigenvalue weighted by Gasteiger charge is 2.48. The van der Waals surface area contributed by atoms with Gasteiger partial charge in [0.25, 0.3) is 0 Å². The van der Waals surface area contributed by atoms with E-state index in [-0.39, 0.29) is 5.78 Å². The van der Waals surface area contributed by atoms with Gasteiger partial charge in [0, 0.05) is 0 Å². The van der Waals surface area contributed by atoms with Crippen molar-refractivity contribution in [2.45, 2.75) is 25.3 Å². The zero-order chi connectivity index (χ0) is 7.78. The van der Waals surface area contributed by atoms with Crippen molar-refractivity contribution < 1.29 is 9.59 Å². The number of hydrogen-bond donors (Lipinski definition) is 2. The SMILES string of the molecule is CC(=O)C1(NC(N)=O)CC1. The third-order valence-electron chi connectivity index (χ3n) is 1.79. The van der Waals surface area contributed by atoms with Crippen molar-refractivity contribution in [2.75, 3.05) is 0 Å². The molecule has 1 aliphatic carbocycles. The summed E-state index contributed by atoms with van der Waals surface area (Å²) in [5.74, 6) is -0.00806. The average Bonchev–Trinajstić information content (AvgIpc) is 2.46. The van der Waals surface area contributed by atoms with E-state index >= 15 is 0 Å². The van der Waals surface area contributed by atoms with Crippen LogP contribution < -0.4 is 11.1 Å². The van der Waals surface area contributed by atoms with Crippen molar-refractivity contribution in [3.8, 4) is 0 Å². The summed E-state index contributed by atoms with van der Waals surface area (Å²) in [6.45, 7) is 1.46. The maximum atomic E-state index is 10.8. The second-order valence-electron chi connectivity index (χ2n) is 2.63. The van der Waals surface area contributed by atoms with Gasteiger partial charge in [-0.2, -0.15) is 0 Å². The highest BCUT2D eigenvalue weighted by Crippen LogP contribution is 2.35. The number of carbonyl (C=O) groups is 2. The van der Waals surface area contributed by atoms with E-state index in [1.807, 2.05) is 0 Å². The average molecular weight is 142 g/mol. The first-order valence-corrected chi connectivity index (χ1v) is 3.15. The fourth-order valence-corrected chi connectivity index (χ4v) is 0.926. The summed E-state index contributed by atoms with van der Waals surface area (Å²) in [6.07, 6.45) is 1.45. The summed E-state index contributed by atoms with van der Waals surface area (Å²) in [5, 5.41) is 2.42. The number of amides is 2. The van der Waals surface area contributed by atoms with Crippen LogP contribution in [0.15, 0.2) is 0 Å². The highest BCUT2D eigenvalue weighted by atomic mass is 16.2. The summed E-state index contributed by atoms with van der Waals surface area (Å²) < 4.78 is 0. The number of ketones is 1. The van der Waals surface area contributed by atoms with E-state index in [1.54, 1.807) is 0 Å². The molecular weight excluding hydrogens is 132 g/mol. The summed E-state index contributed by atoms with van der Waals surface area (Å²) in [5.41, 5.74) is 4.26. The predicted octanol–water partition coefficient (Wildman–Crippen LogP) is -0.224. The molecular formula is C6H10N2O2. The topological polar surface area (TPSA) is 72.2 Å². The van der Waals surface area contributed by atoms with Gasteiger partial charge >= 0.3 is 6.03 Å². The fourth-order valence-electron chi connectivity index (χ4n) is 0.926. The molecule has 1 fully saturated rings. The number of nitrogens with two attached hydrogens (primary N) is 1. The normalized spacial score (nSPS) is 19.7. The van der Waals surface area contributed by atoms with Crippen LogP contribution in [0, 0.1) is 0 Å². The third kappa shape index (κ3) is 1.10. The summed E-state index contributed by atoms with van der Waals surface area (Å²) in [6, 6.07) is -0.618. The van der Waals surface area contributed by atoms with E-state index in [0.29, 0.717) is 0 Å². The van der Waals surface area contributed by atoms with Crippen LogP contribution >= 0.6 is 0 Å².